The average molecular weight is 268 g/mol. The molecular formula is C13H20N2O2S. The van der Waals surface area contributed by atoms with Crippen molar-refractivity contribution >= 4 is 9.84 Å². The standard InChI is InChI=1S/C13H20N2O2S/c1-18(16,17)13-6-4-11(5-7-13)9-15-8-2-3-12(14)10-15/h4-7,12H,2-3,8-10,14H2,1H3/t12-/m1/s1. The van der Waals surface area contributed by atoms with E-state index in [1.165, 1.54) is 6.26 Å². The molecule has 18 heavy (non-hydrogen) atoms. The van der Waals surface area contributed by atoms with E-state index in [4.69, 9.17) is 5.73 Å². The van der Waals surface area contributed by atoms with Crippen LogP contribution in [-0.2, 0) is 16.4 Å². The topological polar surface area (TPSA) is 63.4 Å². The van der Waals surface area contributed by atoms with Gasteiger partial charge >= 0.3 is 0 Å². The van der Waals surface area contributed by atoms with Crippen LogP contribution < -0.4 is 5.73 Å². The third kappa shape index (κ3) is 3.54. The summed E-state index contributed by atoms with van der Waals surface area (Å²) in [4.78, 5) is 2.70. The lowest BCUT2D eigenvalue weighted by atomic mass is 10.1. The molecule has 100 valence electrons. The molecule has 1 aromatic carbocycles. The van der Waals surface area contributed by atoms with Crippen molar-refractivity contribution in [1.82, 2.24) is 4.90 Å². The van der Waals surface area contributed by atoms with Crippen molar-refractivity contribution in [2.24, 2.45) is 5.73 Å². The largest absolute Gasteiger partial charge is 0.327 e. The van der Waals surface area contributed by atoms with Crippen LogP contribution in [0.1, 0.15) is 18.4 Å². The number of likely N-dealkylation sites (tertiary alicyclic amines) is 1. The highest BCUT2D eigenvalue weighted by Gasteiger charge is 2.16. The number of hydrogen-bond acceptors (Lipinski definition) is 4. The van der Waals surface area contributed by atoms with Gasteiger partial charge in [0.1, 0.15) is 0 Å². The van der Waals surface area contributed by atoms with Gasteiger partial charge in [0.25, 0.3) is 0 Å². The fourth-order valence-electron chi connectivity index (χ4n) is 2.34. The van der Waals surface area contributed by atoms with Gasteiger partial charge in [-0.1, -0.05) is 12.1 Å². The smallest absolute Gasteiger partial charge is 0.175 e. The molecule has 1 saturated heterocycles. The molecule has 0 radical (unpaired) electrons. The first kappa shape index (κ1) is 13.5. The highest BCUT2D eigenvalue weighted by atomic mass is 32.2. The van der Waals surface area contributed by atoms with Crippen LogP contribution >= 0.6 is 0 Å². The molecule has 1 aromatic rings. The Labute approximate surface area is 109 Å². The van der Waals surface area contributed by atoms with Gasteiger partial charge in [0.2, 0.25) is 0 Å². The second kappa shape index (κ2) is 5.38. The number of nitrogens with two attached hydrogens (primary N) is 1. The fourth-order valence-corrected chi connectivity index (χ4v) is 2.97. The van der Waals surface area contributed by atoms with E-state index < -0.39 is 9.84 Å². The van der Waals surface area contributed by atoms with Crippen molar-refractivity contribution in [2.75, 3.05) is 19.3 Å². The maximum Gasteiger partial charge on any atom is 0.175 e. The molecule has 4 nitrogen and oxygen atoms in total. The minimum Gasteiger partial charge on any atom is -0.327 e. The van der Waals surface area contributed by atoms with Crippen LogP contribution in [0, 0.1) is 0 Å². The molecule has 0 aliphatic carbocycles. The van der Waals surface area contributed by atoms with Crippen LogP contribution in [-0.4, -0.2) is 38.7 Å². The van der Waals surface area contributed by atoms with Gasteiger partial charge in [-0.3, -0.25) is 4.90 Å². The van der Waals surface area contributed by atoms with Crippen LogP contribution in [0.4, 0.5) is 0 Å². The summed E-state index contributed by atoms with van der Waals surface area (Å²) < 4.78 is 22.7. The Bertz CT molecular complexity index is 496. The number of sulfone groups is 1. The van der Waals surface area contributed by atoms with Crippen molar-refractivity contribution in [3.8, 4) is 0 Å². The summed E-state index contributed by atoms with van der Waals surface area (Å²) in [5.74, 6) is 0. The molecule has 0 bridgehead atoms. The summed E-state index contributed by atoms with van der Waals surface area (Å²) in [6.45, 7) is 2.84. The number of nitrogens with zero attached hydrogens (tertiary/aromatic N) is 1. The molecule has 0 spiro atoms. The summed E-state index contributed by atoms with van der Waals surface area (Å²) in [5.41, 5.74) is 7.07. The van der Waals surface area contributed by atoms with Crippen molar-refractivity contribution in [2.45, 2.75) is 30.3 Å². The summed E-state index contributed by atoms with van der Waals surface area (Å²) in [5, 5.41) is 0. The van der Waals surface area contributed by atoms with Crippen LogP contribution in [0.25, 0.3) is 0 Å². The van der Waals surface area contributed by atoms with Crippen LogP contribution in [0.3, 0.4) is 0 Å². The zero-order valence-corrected chi connectivity index (χ0v) is 11.5. The van der Waals surface area contributed by atoms with Gasteiger partial charge in [-0.05, 0) is 37.1 Å². The Morgan fingerprint density at radius 3 is 2.56 bits per heavy atom. The van der Waals surface area contributed by atoms with Gasteiger partial charge in [0, 0.05) is 25.4 Å². The van der Waals surface area contributed by atoms with Gasteiger partial charge in [-0.15, -0.1) is 0 Å². The van der Waals surface area contributed by atoms with E-state index in [1.54, 1.807) is 12.1 Å². The number of hydrogen-bond donors (Lipinski definition) is 1. The summed E-state index contributed by atoms with van der Waals surface area (Å²) in [6, 6.07) is 7.39. The lowest BCUT2D eigenvalue weighted by Gasteiger charge is -2.30. The Morgan fingerprint density at radius 2 is 2.00 bits per heavy atom. The van der Waals surface area contributed by atoms with Crippen molar-refractivity contribution in [3.05, 3.63) is 29.8 Å². The normalized spacial score (nSPS) is 22.0. The minimum atomic E-state index is -3.10. The molecule has 1 aliphatic rings. The van der Waals surface area contributed by atoms with Crippen molar-refractivity contribution < 1.29 is 8.42 Å². The first-order valence-corrected chi connectivity index (χ1v) is 8.11. The fraction of sp³-hybridized carbons (Fsp3) is 0.538. The maximum absolute atomic E-state index is 11.4. The molecule has 1 heterocycles. The Hall–Kier alpha value is -0.910. The molecule has 5 heteroatoms. The Balaban J connectivity index is 2.02. The molecular weight excluding hydrogens is 248 g/mol. The van der Waals surface area contributed by atoms with Gasteiger partial charge in [-0.25, -0.2) is 8.42 Å². The molecule has 2 rings (SSSR count). The highest BCUT2D eigenvalue weighted by Crippen LogP contribution is 2.15. The molecule has 1 atom stereocenters. The Morgan fingerprint density at radius 1 is 1.33 bits per heavy atom. The second-order valence-electron chi connectivity index (χ2n) is 5.05. The first-order valence-electron chi connectivity index (χ1n) is 6.22. The molecule has 0 amide bonds. The zero-order chi connectivity index (χ0) is 13.2. The van der Waals surface area contributed by atoms with Crippen LogP contribution in [0.5, 0.6) is 0 Å². The summed E-state index contributed by atoms with van der Waals surface area (Å²) >= 11 is 0. The van der Waals surface area contributed by atoms with E-state index >= 15 is 0 Å². The third-order valence-corrected chi connectivity index (χ3v) is 4.43. The van der Waals surface area contributed by atoms with E-state index in [0.29, 0.717) is 4.90 Å². The number of rotatable bonds is 3. The van der Waals surface area contributed by atoms with E-state index in [9.17, 15) is 8.42 Å². The molecule has 0 aromatic heterocycles. The predicted octanol–water partition coefficient (Wildman–Crippen LogP) is 1.01. The minimum absolute atomic E-state index is 0.272. The third-order valence-electron chi connectivity index (χ3n) is 3.30. The SMILES string of the molecule is CS(=O)(=O)c1ccc(CN2CCC[C@@H](N)C2)cc1. The van der Waals surface area contributed by atoms with E-state index in [2.05, 4.69) is 4.90 Å². The lowest BCUT2D eigenvalue weighted by molar-refractivity contribution is 0.201. The second-order valence-corrected chi connectivity index (χ2v) is 7.07. The lowest BCUT2D eigenvalue weighted by Crippen LogP contribution is -2.42. The van der Waals surface area contributed by atoms with Crippen LogP contribution in [0.2, 0.25) is 0 Å². The first-order chi connectivity index (χ1) is 8.45. The maximum atomic E-state index is 11.4. The van der Waals surface area contributed by atoms with Crippen molar-refractivity contribution in [3.63, 3.8) is 0 Å². The molecule has 0 unspecified atom stereocenters. The summed E-state index contributed by atoms with van der Waals surface area (Å²) in [6.07, 6.45) is 3.47. The van der Waals surface area contributed by atoms with Gasteiger partial charge < -0.3 is 5.73 Å². The van der Waals surface area contributed by atoms with Gasteiger partial charge in [0.15, 0.2) is 9.84 Å². The molecule has 1 fully saturated rings. The predicted molar refractivity (Wildman–Crippen MR) is 72.0 cm³/mol. The van der Waals surface area contributed by atoms with E-state index in [0.717, 1.165) is 38.0 Å². The zero-order valence-electron chi connectivity index (χ0n) is 10.7. The Kier molecular flexibility index (Phi) is 4.04. The quantitative estimate of drug-likeness (QED) is 0.889. The number of benzene rings is 1. The molecule has 2 N–H and O–H groups in total. The number of piperidine rings is 1. The molecule has 1 aliphatic heterocycles. The monoisotopic (exact) mass is 268 g/mol. The molecule has 0 saturated carbocycles. The van der Waals surface area contributed by atoms with Gasteiger partial charge in [0.05, 0.1) is 4.90 Å². The highest BCUT2D eigenvalue weighted by molar-refractivity contribution is 7.90. The van der Waals surface area contributed by atoms with E-state index in [1.807, 2.05) is 12.1 Å². The summed E-state index contributed by atoms with van der Waals surface area (Å²) in [7, 11) is -3.10. The van der Waals surface area contributed by atoms with Crippen LogP contribution in [0.15, 0.2) is 29.2 Å². The average Bonchev–Trinajstić information content (AvgIpc) is 2.28. The van der Waals surface area contributed by atoms with Crippen molar-refractivity contribution in [1.29, 1.82) is 0 Å². The van der Waals surface area contributed by atoms with E-state index in [-0.39, 0.29) is 6.04 Å². The van der Waals surface area contributed by atoms with Gasteiger partial charge in [-0.2, -0.15) is 0 Å².